The summed E-state index contributed by atoms with van der Waals surface area (Å²) in [5.74, 6) is 1.53. The quantitative estimate of drug-likeness (QED) is 0.0260. The van der Waals surface area contributed by atoms with E-state index in [2.05, 4.69) is 34.2 Å². The largest absolute Gasteiger partial charge is 0.498 e. The number of aliphatic hydroxyl groups excluding tert-OH is 1. The lowest BCUT2D eigenvalue weighted by Gasteiger charge is -2.31. The highest BCUT2D eigenvalue weighted by atomic mass is 16.6. The lowest BCUT2D eigenvalue weighted by molar-refractivity contribution is 0.133. The van der Waals surface area contributed by atoms with Crippen LogP contribution in [0.2, 0.25) is 0 Å². The molecule has 2 aromatic carbocycles. The van der Waals surface area contributed by atoms with Crippen molar-refractivity contribution >= 4 is 52.2 Å². The maximum Gasteiger partial charge on any atom is 0.420 e. The van der Waals surface area contributed by atoms with Gasteiger partial charge in [0, 0.05) is 45.0 Å². The molecule has 0 bridgehead atoms. The number of allylic oxidation sites excluding steroid dienone is 6. The van der Waals surface area contributed by atoms with Gasteiger partial charge in [-0.3, -0.25) is 9.80 Å². The number of likely N-dealkylation sites (N-methyl/N-ethyl adjacent to an activating group) is 1. The van der Waals surface area contributed by atoms with Gasteiger partial charge in [-0.25, -0.2) is 28.9 Å². The second kappa shape index (κ2) is 28.3. The fourth-order valence-corrected chi connectivity index (χ4v) is 8.42. The molecular formula is C54H76N8O8. The van der Waals surface area contributed by atoms with Gasteiger partial charge in [0.15, 0.2) is 5.82 Å². The second-order valence-corrected chi connectivity index (χ2v) is 17.2. The Kier molecular flexibility index (Phi) is 22.1. The summed E-state index contributed by atoms with van der Waals surface area (Å²) < 4.78 is 24.1. The zero-order valence-electron chi connectivity index (χ0n) is 42.8. The number of hydrogen-bond acceptors (Lipinski definition) is 13. The highest BCUT2D eigenvalue weighted by Crippen LogP contribution is 2.35. The molecule has 2 N–H and O–H groups in total. The molecule has 0 saturated carbocycles. The fraction of sp³-hybridized carbons (Fsp3) is 0.500. The lowest BCUT2D eigenvalue weighted by Crippen LogP contribution is -2.36. The molecule has 1 fully saturated rings. The smallest absolute Gasteiger partial charge is 0.420 e. The number of nitrogens with zero attached hydrogens (tertiary/aromatic N) is 7. The van der Waals surface area contributed by atoms with Gasteiger partial charge < -0.3 is 39.2 Å². The maximum atomic E-state index is 13.9. The summed E-state index contributed by atoms with van der Waals surface area (Å²) in [7, 11) is 3.40. The number of amides is 2. The number of fused-ring (bicyclic) bond motifs is 1. The third kappa shape index (κ3) is 15.3. The van der Waals surface area contributed by atoms with Crippen LogP contribution in [-0.2, 0) is 18.9 Å². The van der Waals surface area contributed by atoms with Crippen LogP contribution in [0, 0.1) is 0 Å². The second-order valence-electron chi connectivity index (χ2n) is 17.2. The highest BCUT2D eigenvalue weighted by Gasteiger charge is 2.26. The average molecular weight is 965 g/mol. The van der Waals surface area contributed by atoms with E-state index in [1.54, 1.807) is 39.8 Å². The maximum absolute atomic E-state index is 13.9. The summed E-state index contributed by atoms with van der Waals surface area (Å²) >= 11 is 0. The zero-order chi connectivity index (χ0) is 50.4. The van der Waals surface area contributed by atoms with Gasteiger partial charge in [0.2, 0.25) is 0 Å². The molecule has 0 spiro atoms. The molecule has 1 saturated heterocycles. The predicted octanol–water partition coefficient (Wildman–Crippen LogP) is 10.7. The topological polar surface area (TPSA) is 164 Å². The van der Waals surface area contributed by atoms with Crippen LogP contribution < -0.4 is 15.1 Å². The number of nitrogens with one attached hydrogen (secondary N) is 1. The number of aliphatic hydroxyl groups is 1. The number of amidine groups is 1. The third-order valence-electron chi connectivity index (χ3n) is 12.1. The first-order valence-corrected chi connectivity index (χ1v) is 25.1. The molecule has 2 amide bonds. The van der Waals surface area contributed by atoms with Crippen LogP contribution in [0.5, 0.6) is 0 Å². The van der Waals surface area contributed by atoms with Crippen LogP contribution in [0.25, 0.3) is 22.4 Å². The van der Waals surface area contributed by atoms with E-state index in [4.69, 9.17) is 34.0 Å². The Bertz CT molecular complexity index is 2410. The van der Waals surface area contributed by atoms with Crippen molar-refractivity contribution in [1.82, 2.24) is 19.4 Å². The normalized spacial score (nSPS) is 15.1. The minimum atomic E-state index is -0.551. The lowest BCUT2D eigenvalue weighted by atomic mass is 10.1. The van der Waals surface area contributed by atoms with Gasteiger partial charge in [0.1, 0.15) is 5.84 Å². The van der Waals surface area contributed by atoms with E-state index in [0.29, 0.717) is 63.9 Å². The van der Waals surface area contributed by atoms with Crippen molar-refractivity contribution in [1.29, 1.82) is 0 Å². The van der Waals surface area contributed by atoms with Crippen molar-refractivity contribution in [2.24, 2.45) is 4.99 Å². The predicted molar refractivity (Wildman–Crippen MR) is 281 cm³/mol. The van der Waals surface area contributed by atoms with Crippen molar-refractivity contribution in [3.63, 3.8) is 0 Å². The van der Waals surface area contributed by atoms with Crippen LogP contribution in [0.4, 0.5) is 31.4 Å². The van der Waals surface area contributed by atoms with Crippen LogP contribution in [0.15, 0.2) is 100 Å². The SMILES string of the molecule is CCOC(=O)N(C)C(=N\C1=CCC=CC(CN(C(=O)OCC)c2ccc(-c3nc4cc(N5CCCN(CC)CCC5)ccc4n3C(=O)OCC)cc2NC)=C1)/C(C)=C/C=C(\C)OCCCCCCCO. The molecule has 1 aliphatic heterocycles. The van der Waals surface area contributed by atoms with Crippen LogP contribution in [-0.4, -0.2) is 135 Å². The Balaban J connectivity index is 1.47. The molecule has 0 atom stereocenters. The Labute approximate surface area is 415 Å². The minimum Gasteiger partial charge on any atom is -0.498 e. The number of aromatic nitrogens is 2. The van der Waals surface area contributed by atoms with Gasteiger partial charge in [-0.1, -0.05) is 50.5 Å². The van der Waals surface area contributed by atoms with Crippen LogP contribution in [0.1, 0.15) is 92.9 Å². The van der Waals surface area contributed by atoms with Crippen LogP contribution >= 0.6 is 0 Å². The molecular weight excluding hydrogens is 889 g/mol. The Morgan fingerprint density at radius 3 is 2.27 bits per heavy atom. The Morgan fingerprint density at radius 1 is 0.857 bits per heavy atom. The molecule has 5 rings (SSSR count). The number of carbonyl (C=O) groups is 3. The fourth-order valence-electron chi connectivity index (χ4n) is 8.42. The first-order chi connectivity index (χ1) is 34.0. The first kappa shape index (κ1) is 54.5. The molecule has 70 heavy (non-hydrogen) atoms. The van der Waals surface area contributed by atoms with E-state index in [1.807, 2.05) is 74.6 Å². The van der Waals surface area contributed by atoms with Crippen molar-refractivity contribution in [3.05, 3.63) is 95.5 Å². The van der Waals surface area contributed by atoms with Gasteiger partial charge in [-0.2, -0.15) is 0 Å². The molecule has 3 aromatic rings. The van der Waals surface area contributed by atoms with Crippen LogP contribution in [0.3, 0.4) is 0 Å². The summed E-state index contributed by atoms with van der Waals surface area (Å²) in [5, 5.41) is 12.3. The van der Waals surface area contributed by atoms with Crippen molar-refractivity contribution in [2.75, 3.05) is 102 Å². The molecule has 1 aromatic heterocycles. The van der Waals surface area contributed by atoms with E-state index in [-0.39, 0.29) is 33.0 Å². The standard InChI is InChI=1S/C54H76N8O8/c1-9-59-30-20-32-60(33-21-31-59)45-27-29-49-47(38-45)57-51(62(49)54(66)69-12-4)43-26-28-48(46(37-43)55-7)61(53(65)68-11-3)39-42-22-16-17-23-44(36-42)56-50(58(8)52(64)67-10-2)40(5)24-25-41(6)70-35-19-15-13-14-18-34-63/h16,22-29,36-38,55,63H,9-15,17-21,30-35,39H2,1-8H3/b40-24+,41-25+,56-50-. The molecule has 380 valence electrons. The average Bonchev–Trinajstić information content (AvgIpc) is 3.59. The number of hydrogen-bond donors (Lipinski definition) is 2. The van der Waals surface area contributed by atoms with Gasteiger partial charge >= 0.3 is 18.3 Å². The summed E-state index contributed by atoms with van der Waals surface area (Å²) in [5.41, 5.74) is 6.22. The van der Waals surface area contributed by atoms with Gasteiger partial charge in [-0.15, -0.1) is 0 Å². The van der Waals surface area contributed by atoms with Gasteiger partial charge in [0.05, 0.1) is 66.8 Å². The summed E-state index contributed by atoms with van der Waals surface area (Å²) in [6.45, 7) is 17.8. The number of carbonyl (C=O) groups excluding carboxylic acids is 3. The number of rotatable bonds is 21. The molecule has 1 aliphatic carbocycles. The van der Waals surface area contributed by atoms with Crippen molar-refractivity contribution in [2.45, 2.75) is 92.9 Å². The third-order valence-corrected chi connectivity index (χ3v) is 12.1. The monoisotopic (exact) mass is 965 g/mol. The molecule has 16 heteroatoms. The summed E-state index contributed by atoms with van der Waals surface area (Å²) in [6.07, 6.45) is 17.4. The van der Waals surface area contributed by atoms with Gasteiger partial charge in [0.25, 0.3) is 0 Å². The Hall–Kier alpha value is -6.39. The summed E-state index contributed by atoms with van der Waals surface area (Å²) in [4.78, 5) is 58.7. The zero-order valence-corrected chi connectivity index (χ0v) is 42.8. The van der Waals surface area contributed by atoms with Crippen molar-refractivity contribution in [3.8, 4) is 11.4 Å². The van der Waals surface area contributed by atoms with Crippen molar-refractivity contribution < 1.29 is 38.4 Å². The molecule has 0 unspecified atom stereocenters. The molecule has 16 nitrogen and oxygen atoms in total. The number of unbranched alkanes of at least 4 members (excludes halogenated alkanes) is 4. The molecule has 2 heterocycles. The number of aliphatic imine (C=N–C) groups is 1. The highest BCUT2D eigenvalue weighted by molar-refractivity contribution is 6.06. The number of anilines is 3. The minimum absolute atomic E-state index is 0.117. The van der Waals surface area contributed by atoms with E-state index >= 15 is 0 Å². The summed E-state index contributed by atoms with van der Waals surface area (Å²) in [6, 6.07) is 11.6. The number of ether oxygens (including phenoxy) is 4. The van der Waals surface area contributed by atoms with E-state index < -0.39 is 18.3 Å². The van der Waals surface area contributed by atoms with E-state index in [9.17, 15) is 14.4 Å². The van der Waals surface area contributed by atoms with Gasteiger partial charge in [-0.05, 0) is 146 Å². The van der Waals surface area contributed by atoms with E-state index in [0.717, 1.165) is 94.7 Å². The first-order valence-electron chi connectivity index (χ1n) is 25.1. The molecule has 2 aliphatic rings. The number of benzene rings is 2. The van der Waals surface area contributed by atoms with E-state index in [1.165, 1.54) is 9.47 Å². The number of imidazole rings is 1. The molecule has 0 radical (unpaired) electrons. The Morgan fingerprint density at radius 2 is 1.57 bits per heavy atom.